The van der Waals surface area contributed by atoms with Crippen LogP contribution in [0.15, 0.2) is 24.3 Å². The number of aliphatic carboxylic acids is 1. The summed E-state index contributed by atoms with van der Waals surface area (Å²) in [5.74, 6) is -0.112. The molecule has 1 unspecified atom stereocenters. The van der Waals surface area contributed by atoms with Crippen LogP contribution in [-0.2, 0) is 9.53 Å². The Hall–Kier alpha value is -1.75. The van der Waals surface area contributed by atoms with Crippen LogP contribution in [0.5, 0.6) is 11.5 Å². The van der Waals surface area contributed by atoms with Crippen molar-refractivity contribution in [2.75, 3.05) is 20.3 Å². The average Bonchev–Trinajstić information content (AvgIpc) is 2.37. The third-order valence-electron chi connectivity index (χ3n) is 2.17. The number of ether oxygens (including phenoxy) is 3. The number of carboxylic acid groups (broad SMARTS) is 1. The van der Waals surface area contributed by atoms with Crippen molar-refractivity contribution in [3.63, 3.8) is 0 Å². The fourth-order valence-electron chi connectivity index (χ4n) is 1.34. The highest BCUT2D eigenvalue weighted by atomic mass is 16.6. The molecule has 1 aromatic carbocycles. The lowest BCUT2D eigenvalue weighted by atomic mass is 10.3. The average molecular weight is 254 g/mol. The molecule has 1 N–H and O–H groups in total. The first-order chi connectivity index (χ1) is 8.69. The summed E-state index contributed by atoms with van der Waals surface area (Å²) < 4.78 is 15.7. The molecule has 0 saturated carbocycles. The van der Waals surface area contributed by atoms with E-state index in [-0.39, 0.29) is 6.61 Å². The van der Waals surface area contributed by atoms with Crippen molar-refractivity contribution in [3.05, 3.63) is 24.3 Å². The Bertz CT molecular complexity index is 377. The van der Waals surface area contributed by atoms with Crippen LogP contribution in [-0.4, -0.2) is 37.5 Å². The lowest BCUT2D eigenvalue weighted by Gasteiger charge is -2.17. The number of hydrogen-bond donors (Lipinski definition) is 1. The van der Waals surface area contributed by atoms with Crippen molar-refractivity contribution >= 4 is 5.97 Å². The molecule has 0 radical (unpaired) electrons. The Morgan fingerprint density at radius 3 is 2.56 bits per heavy atom. The minimum atomic E-state index is -1.07. The molecule has 1 rings (SSSR count). The van der Waals surface area contributed by atoms with Gasteiger partial charge in [-0.2, -0.15) is 0 Å². The smallest absolute Gasteiger partial charge is 0.347 e. The molecule has 1 aromatic rings. The van der Waals surface area contributed by atoms with Gasteiger partial charge in [-0.05, 0) is 18.6 Å². The molecule has 18 heavy (non-hydrogen) atoms. The number of methoxy groups -OCH3 is 1. The van der Waals surface area contributed by atoms with Gasteiger partial charge in [-0.15, -0.1) is 0 Å². The SMILES string of the molecule is CCCOc1ccccc1OC(COC)C(=O)O. The Kier molecular flexibility index (Phi) is 6.00. The van der Waals surface area contributed by atoms with Gasteiger partial charge in [-0.25, -0.2) is 4.79 Å². The minimum Gasteiger partial charge on any atom is -0.490 e. The summed E-state index contributed by atoms with van der Waals surface area (Å²) in [6.07, 6.45) is -0.171. The molecule has 1 atom stereocenters. The quantitative estimate of drug-likeness (QED) is 0.768. The zero-order valence-corrected chi connectivity index (χ0v) is 10.6. The summed E-state index contributed by atoms with van der Waals surface area (Å²) in [5, 5.41) is 8.99. The fourth-order valence-corrected chi connectivity index (χ4v) is 1.34. The van der Waals surface area contributed by atoms with Gasteiger partial charge in [0.15, 0.2) is 11.5 Å². The van der Waals surface area contributed by atoms with Crippen molar-refractivity contribution in [1.29, 1.82) is 0 Å². The van der Waals surface area contributed by atoms with Gasteiger partial charge in [0.25, 0.3) is 0 Å². The van der Waals surface area contributed by atoms with E-state index in [1.54, 1.807) is 18.2 Å². The van der Waals surface area contributed by atoms with E-state index in [2.05, 4.69) is 0 Å². The summed E-state index contributed by atoms with van der Waals surface area (Å²) in [5.41, 5.74) is 0. The van der Waals surface area contributed by atoms with Crippen LogP contribution in [0, 0.1) is 0 Å². The number of benzene rings is 1. The molecule has 0 bridgehead atoms. The van der Waals surface area contributed by atoms with Crippen molar-refractivity contribution in [1.82, 2.24) is 0 Å². The summed E-state index contributed by atoms with van der Waals surface area (Å²) in [4.78, 5) is 11.0. The van der Waals surface area contributed by atoms with Crippen LogP contribution in [0.3, 0.4) is 0 Å². The lowest BCUT2D eigenvalue weighted by Crippen LogP contribution is -2.31. The number of para-hydroxylation sites is 2. The highest BCUT2D eigenvalue weighted by Crippen LogP contribution is 2.27. The number of carbonyl (C=O) groups is 1. The predicted molar refractivity (Wildman–Crippen MR) is 66.2 cm³/mol. The Morgan fingerprint density at radius 1 is 1.33 bits per heavy atom. The van der Waals surface area contributed by atoms with E-state index in [0.29, 0.717) is 18.1 Å². The van der Waals surface area contributed by atoms with E-state index >= 15 is 0 Å². The summed E-state index contributed by atoms with van der Waals surface area (Å²) in [6, 6.07) is 7.00. The van der Waals surface area contributed by atoms with Crippen LogP contribution >= 0.6 is 0 Å². The van der Waals surface area contributed by atoms with E-state index in [4.69, 9.17) is 19.3 Å². The summed E-state index contributed by atoms with van der Waals surface area (Å²) >= 11 is 0. The standard InChI is InChI=1S/C13H18O5/c1-3-8-17-10-6-4-5-7-11(10)18-12(9-16-2)13(14)15/h4-7,12H,3,8-9H2,1-2H3,(H,14,15). The molecular formula is C13H18O5. The number of hydrogen-bond acceptors (Lipinski definition) is 4. The monoisotopic (exact) mass is 254 g/mol. The molecule has 5 nitrogen and oxygen atoms in total. The minimum absolute atomic E-state index is 0.0164. The van der Waals surface area contributed by atoms with Crippen molar-refractivity contribution in [2.45, 2.75) is 19.4 Å². The van der Waals surface area contributed by atoms with Gasteiger partial charge >= 0.3 is 5.97 Å². The second-order valence-electron chi connectivity index (χ2n) is 3.70. The van der Waals surface area contributed by atoms with Gasteiger partial charge in [0.05, 0.1) is 13.2 Å². The second-order valence-corrected chi connectivity index (χ2v) is 3.70. The van der Waals surface area contributed by atoms with E-state index in [0.717, 1.165) is 6.42 Å². The van der Waals surface area contributed by atoms with Crippen LogP contribution < -0.4 is 9.47 Å². The number of carboxylic acids is 1. The first-order valence-electron chi connectivity index (χ1n) is 5.79. The van der Waals surface area contributed by atoms with Crippen molar-refractivity contribution < 1.29 is 24.1 Å². The summed E-state index contributed by atoms with van der Waals surface area (Å²) in [6.45, 7) is 2.54. The molecule has 100 valence electrons. The highest BCUT2D eigenvalue weighted by molar-refractivity contribution is 5.73. The maximum atomic E-state index is 11.0. The molecular weight excluding hydrogens is 236 g/mol. The molecule has 0 spiro atoms. The van der Waals surface area contributed by atoms with Crippen LogP contribution in [0.25, 0.3) is 0 Å². The Balaban J connectivity index is 2.77. The maximum absolute atomic E-state index is 11.0. The van der Waals surface area contributed by atoms with Gasteiger partial charge in [0.1, 0.15) is 0 Å². The predicted octanol–water partition coefficient (Wildman–Crippen LogP) is 1.95. The molecule has 0 aliphatic heterocycles. The molecule has 5 heteroatoms. The van der Waals surface area contributed by atoms with E-state index < -0.39 is 12.1 Å². The highest BCUT2D eigenvalue weighted by Gasteiger charge is 2.20. The fraction of sp³-hybridized carbons (Fsp3) is 0.462. The zero-order valence-electron chi connectivity index (χ0n) is 10.6. The van der Waals surface area contributed by atoms with Crippen LogP contribution in [0.2, 0.25) is 0 Å². The number of rotatable bonds is 8. The van der Waals surface area contributed by atoms with Crippen molar-refractivity contribution in [2.24, 2.45) is 0 Å². The molecule has 0 fully saturated rings. The lowest BCUT2D eigenvalue weighted by molar-refractivity contribution is -0.147. The maximum Gasteiger partial charge on any atom is 0.347 e. The van der Waals surface area contributed by atoms with Gasteiger partial charge < -0.3 is 19.3 Å². The zero-order chi connectivity index (χ0) is 13.4. The summed E-state index contributed by atoms with van der Waals surface area (Å²) in [7, 11) is 1.43. The third kappa shape index (κ3) is 4.25. The molecule has 0 aliphatic carbocycles. The molecule has 0 aliphatic rings. The first-order valence-corrected chi connectivity index (χ1v) is 5.79. The van der Waals surface area contributed by atoms with E-state index in [1.807, 2.05) is 13.0 Å². The van der Waals surface area contributed by atoms with Gasteiger partial charge in [-0.3, -0.25) is 0 Å². The molecule has 0 aromatic heterocycles. The van der Waals surface area contributed by atoms with E-state index in [1.165, 1.54) is 7.11 Å². The molecule has 0 heterocycles. The topological polar surface area (TPSA) is 65.0 Å². The first kappa shape index (κ1) is 14.3. The normalized spacial score (nSPS) is 11.9. The third-order valence-corrected chi connectivity index (χ3v) is 2.17. The van der Waals surface area contributed by atoms with E-state index in [9.17, 15) is 4.79 Å². The van der Waals surface area contributed by atoms with Gasteiger partial charge in [0.2, 0.25) is 6.10 Å². The van der Waals surface area contributed by atoms with Crippen LogP contribution in [0.1, 0.15) is 13.3 Å². The second kappa shape index (κ2) is 7.55. The Morgan fingerprint density at radius 2 is 2.00 bits per heavy atom. The van der Waals surface area contributed by atoms with Gasteiger partial charge in [0, 0.05) is 7.11 Å². The van der Waals surface area contributed by atoms with Crippen molar-refractivity contribution in [3.8, 4) is 11.5 Å². The van der Waals surface area contributed by atoms with Gasteiger partial charge in [-0.1, -0.05) is 19.1 Å². The largest absolute Gasteiger partial charge is 0.490 e. The molecule has 0 saturated heterocycles. The molecule has 0 amide bonds. The van der Waals surface area contributed by atoms with Crippen LogP contribution in [0.4, 0.5) is 0 Å². The Labute approximate surface area is 106 Å².